The van der Waals surface area contributed by atoms with Crippen molar-refractivity contribution >= 4 is 29.9 Å². The Hall–Kier alpha value is -0.800. The third kappa shape index (κ3) is 6.13. The van der Waals surface area contributed by atoms with Crippen LogP contribution in [0, 0.1) is 0 Å². The van der Waals surface area contributed by atoms with Crippen LogP contribution in [0.2, 0.25) is 0 Å². The second-order valence-electron chi connectivity index (χ2n) is 7.03. The Morgan fingerprint density at radius 2 is 2.15 bits per heavy atom. The van der Waals surface area contributed by atoms with Crippen molar-refractivity contribution in [3.05, 3.63) is 24.2 Å². The predicted molar refractivity (Wildman–Crippen MR) is 115 cm³/mol. The topological polar surface area (TPSA) is 53.2 Å². The molecule has 2 fully saturated rings. The monoisotopic (exact) mass is 476 g/mol. The first kappa shape index (κ1) is 21.5. The van der Waals surface area contributed by atoms with Gasteiger partial charge in [-0.2, -0.15) is 0 Å². The number of likely N-dealkylation sites (tertiary alicyclic amines) is 1. The summed E-state index contributed by atoms with van der Waals surface area (Å²) < 4.78 is 10.9. The summed E-state index contributed by atoms with van der Waals surface area (Å²) in [6.07, 6.45) is 4.88. The fourth-order valence-corrected chi connectivity index (χ4v) is 3.46. The van der Waals surface area contributed by atoms with Gasteiger partial charge < -0.3 is 19.4 Å². The second kappa shape index (κ2) is 11.1. The second-order valence-corrected chi connectivity index (χ2v) is 7.03. The van der Waals surface area contributed by atoms with E-state index in [0.717, 1.165) is 70.5 Å². The number of aliphatic imine (C=N–C) groups is 1. The van der Waals surface area contributed by atoms with Crippen molar-refractivity contribution in [3.63, 3.8) is 0 Å². The molecule has 0 spiro atoms. The van der Waals surface area contributed by atoms with Crippen LogP contribution in [0.4, 0.5) is 0 Å². The summed E-state index contributed by atoms with van der Waals surface area (Å²) in [5.41, 5.74) is 0. The molecule has 2 atom stereocenters. The van der Waals surface area contributed by atoms with E-state index >= 15 is 0 Å². The molecular formula is C19H33IN4O2. The molecule has 2 saturated heterocycles. The molecule has 0 bridgehead atoms. The van der Waals surface area contributed by atoms with E-state index in [2.05, 4.69) is 29.0 Å². The van der Waals surface area contributed by atoms with Crippen LogP contribution >= 0.6 is 24.0 Å². The van der Waals surface area contributed by atoms with Crippen molar-refractivity contribution in [2.45, 2.75) is 45.2 Å². The molecule has 0 radical (unpaired) electrons. The van der Waals surface area contributed by atoms with E-state index in [-0.39, 0.29) is 24.0 Å². The number of nitrogens with zero attached hydrogens (tertiary/aromatic N) is 3. The lowest BCUT2D eigenvalue weighted by molar-refractivity contribution is 0.0194. The van der Waals surface area contributed by atoms with Crippen molar-refractivity contribution in [2.75, 3.05) is 45.9 Å². The number of ether oxygens (including phenoxy) is 1. The minimum atomic E-state index is 0. The lowest BCUT2D eigenvalue weighted by Crippen LogP contribution is -2.48. The average molecular weight is 476 g/mol. The van der Waals surface area contributed by atoms with Crippen LogP contribution in [0.25, 0.3) is 0 Å². The summed E-state index contributed by atoms with van der Waals surface area (Å²) in [5, 5.41) is 3.61. The number of halogens is 1. The molecule has 0 saturated carbocycles. The van der Waals surface area contributed by atoms with Gasteiger partial charge in [-0.1, -0.05) is 6.92 Å². The van der Waals surface area contributed by atoms with E-state index in [0.29, 0.717) is 12.1 Å². The molecule has 1 aromatic rings. The smallest absolute Gasteiger partial charge is 0.194 e. The molecule has 0 amide bonds. The SMILES string of the molecule is CCC(C)NC(=NCCc1ccco1)N1CCC(N2CCOCC2)C1.I. The predicted octanol–water partition coefficient (Wildman–Crippen LogP) is 2.59. The molecule has 6 nitrogen and oxygen atoms in total. The number of nitrogens with one attached hydrogen (secondary N) is 1. The zero-order valence-electron chi connectivity index (χ0n) is 16.0. The first-order valence-electron chi connectivity index (χ1n) is 9.66. The number of furan rings is 1. The summed E-state index contributed by atoms with van der Waals surface area (Å²) >= 11 is 0. The Labute approximate surface area is 174 Å². The number of morpholine rings is 1. The van der Waals surface area contributed by atoms with Crippen LogP contribution in [0.1, 0.15) is 32.4 Å². The number of hydrogen-bond acceptors (Lipinski definition) is 4. The van der Waals surface area contributed by atoms with Gasteiger partial charge in [0, 0.05) is 51.2 Å². The largest absolute Gasteiger partial charge is 0.469 e. The molecule has 1 aromatic heterocycles. The summed E-state index contributed by atoms with van der Waals surface area (Å²) in [7, 11) is 0. The van der Waals surface area contributed by atoms with Crippen LogP contribution in [0.3, 0.4) is 0 Å². The van der Waals surface area contributed by atoms with Gasteiger partial charge in [0.05, 0.1) is 19.5 Å². The minimum absolute atomic E-state index is 0. The molecule has 3 heterocycles. The molecular weight excluding hydrogens is 443 g/mol. The Balaban J connectivity index is 0.00000243. The van der Waals surface area contributed by atoms with Gasteiger partial charge in [-0.05, 0) is 31.9 Å². The molecule has 3 rings (SSSR count). The molecule has 0 aromatic carbocycles. The van der Waals surface area contributed by atoms with Gasteiger partial charge >= 0.3 is 0 Å². The molecule has 1 N–H and O–H groups in total. The summed E-state index contributed by atoms with van der Waals surface area (Å²) in [5.74, 6) is 2.05. The van der Waals surface area contributed by atoms with Gasteiger partial charge in [-0.3, -0.25) is 9.89 Å². The van der Waals surface area contributed by atoms with Crippen molar-refractivity contribution < 1.29 is 9.15 Å². The summed E-state index contributed by atoms with van der Waals surface area (Å²) in [4.78, 5) is 9.88. The lowest BCUT2D eigenvalue weighted by Gasteiger charge is -2.32. The zero-order chi connectivity index (χ0) is 17.5. The van der Waals surface area contributed by atoms with Gasteiger partial charge in [-0.25, -0.2) is 0 Å². The Morgan fingerprint density at radius 1 is 1.35 bits per heavy atom. The highest BCUT2D eigenvalue weighted by Gasteiger charge is 2.30. The number of guanidine groups is 1. The van der Waals surface area contributed by atoms with Crippen molar-refractivity contribution in [3.8, 4) is 0 Å². The maximum Gasteiger partial charge on any atom is 0.194 e. The maximum atomic E-state index is 5.49. The van der Waals surface area contributed by atoms with Crippen LogP contribution < -0.4 is 5.32 Å². The molecule has 0 aliphatic carbocycles. The first-order chi connectivity index (χ1) is 12.3. The van der Waals surface area contributed by atoms with Gasteiger partial charge in [0.25, 0.3) is 0 Å². The minimum Gasteiger partial charge on any atom is -0.469 e. The fraction of sp³-hybridized carbons (Fsp3) is 0.737. The van der Waals surface area contributed by atoms with Gasteiger partial charge in [0.1, 0.15) is 5.76 Å². The standard InChI is InChI=1S/C19H32N4O2.HI/c1-3-16(2)21-19(20-8-6-18-5-4-12-25-18)23-9-7-17(15-23)22-10-13-24-14-11-22;/h4-5,12,16-17H,3,6-11,13-15H2,1-2H3,(H,20,21);1H. The van der Waals surface area contributed by atoms with Crippen LogP contribution in [0.15, 0.2) is 27.8 Å². The maximum absolute atomic E-state index is 5.49. The molecule has 148 valence electrons. The lowest BCUT2D eigenvalue weighted by atomic mass is 10.2. The van der Waals surface area contributed by atoms with Crippen LogP contribution in [0.5, 0.6) is 0 Å². The van der Waals surface area contributed by atoms with Crippen LogP contribution in [-0.4, -0.2) is 73.8 Å². The van der Waals surface area contributed by atoms with E-state index in [9.17, 15) is 0 Å². The van der Waals surface area contributed by atoms with E-state index in [1.165, 1.54) is 6.42 Å². The fourth-order valence-electron chi connectivity index (χ4n) is 3.46. The van der Waals surface area contributed by atoms with Gasteiger partial charge in [0.2, 0.25) is 0 Å². The van der Waals surface area contributed by atoms with Crippen molar-refractivity contribution in [2.24, 2.45) is 4.99 Å². The Bertz CT molecular complexity index is 532. The van der Waals surface area contributed by atoms with Gasteiger partial charge in [0.15, 0.2) is 5.96 Å². The Morgan fingerprint density at radius 3 is 2.85 bits per heavy atom. The van der Waals surface area contributed by atoms with Crippen molar-refractivity contribution in [1.29, 1.82) is 0 Å². The quantitative estimate of drug-likeness (QED) is 0.389. The number of hydrogen-bond donors (Lipinski definition) is 1. The third-order valence-corrected chi connectivity index (χ3v) is 5.21. The first-order valence-corrected chi connectivity index (χ1v) is 9.66. The van der Waals surface area contributed by atoms with Gasteiger partial charge in [-0.15, -0.1) is 24.0 Å². The highest BCUT2D eigenvalue weighted by Crippen LogP contribution is 2.17. The number of rotatable bonds is 6. The molecule has 2 aliphatic rings. The third-order valence-electron chi connectivity index (χ3n) is 5.21. The molecule has 2 unspecified atom stereocenters. The summed E-state index contributed by atoms with van der Waals surface area (Å²) in [6, 6.07) is 5.01. The summed E-state index contributed by atoms with van der Waals surface area (Å²) in [6.45, 7) is 11.2. The van der Waals surface area contributed by atoms with E-state index in [1.807, 2.05) is 12.1 Å². The van der Waals surface area contributed by atoms with E-state index < -0.39 is 0 Å². The Kier molecular flexibility index (Phi) is 9.21. The zero-order valence-corrected chi connectivity index (χ0v) is 18.4. The van der Waals surface area contributed by atoms with E-state index in [1.54, 1.807) is 6.26 Å². The highest BCUT2D eigenvalue weighted by molar-refractivity contribution is 14.0. The highest BCUT2D eigenvalue weighted by atomic mass is 127. The normalized spacial score (nSPS) is 22.9. The molecule has 26 heavy (non-hydrogen) atoms. The molecule has 7 heteroatoms. The average Bonchev–Trinajstić information content (AvgIpc) is 3.33. The van der Waals surface area contributed by atoms with Crippen LogP contribution in [-0.2, 0) is 11.2 Å². The van der Waals surface area contributed by atoms with E-state index in [4.69, 9.17) is 14.1 Å². The molecule has 2 aliphatic heterocycles. The van der Waals surface area contributed by atoms with Crippen molar-refractivity contribution in [1.82, 2.24) is 15.1 Å².